The van der Waals surface area contributed by atoms with Crippen molar-refractivity contribution in [3.05, 3.63) is 18.0 Å². The van der Waals surface area contributed by atoms with Crippen molar-refractivity contribution in [2.45, 2.75) is 11.8 Å². The van der Waals surface area contributed by atoms with E-state index in [0.29, 0.717) is 6.54 Å². The fourth-order valence-electron chi connectivity index (χ4n) is 1.24. The molecule has 0 bridgehead atoms. The van der Waals surface area contributed by atoms with E-state index < -0.39 is 16.0 Å². The van der Waals surface area contributed by atoms with Gasteiger partial charge in [0.2, 0.25) is 10.0 Å². The number of hydrogen-bond acceptors (Lipinski definition) is 3. The molecule has 1 aromatic heterocycles. The third-order valence-corrected chi connectivity index (χ3v) is 4.25. The molecule has 1 heterocycles. The zero-order chi connectivity index (χ0) is 12.5. The molecule has 16 heavy (non-hydrogen) atoms. The highest BCUT2D eigenvalue weighted by atomic mass is 32.2. The molecule has 0 aliphatic rings. The van der Waals surface area contributed by atoms with Crippen LogP contribution < -0.4 is 0 Å². The molecular formula is C9H14N2O4S. The van der Waals surface area contributed by atoms with Gasteiger partial charge in [-0.05, 0) is 6.07 Å². The first-order valence-electron chi connectivity index (χ1n) is 4.66. The van der Waals surface area contributed by atoms with Gasteiger partial charge in [-0.25, -0.2) is 17.5 Å². The molecule has 7 heteroatoms. The fourth-order valence-corrected chi connectivity index (χ4v) is 2.49. The Hall–Kier alpha value is -1.34. The number of sulfonamides is 1. The minimum atomic E-state index is -3.58. The molecule has 1 rings (SSSR count). The van der Waals surface area contributed by atoms with Gasteiger partial charge in [-0.15, -0.1) is 0 Å². The van der Waals surface area contributed by atoms with Crippen LogP contribution in [0.4, 0.5) is 0 Å². The SMILES string of the molecule is CCN(C)S(=O)(=O)c1cc(C(=O)O)n(C)c1. The van der Waals surface area contributed by atoms with E-state index in [1.807, 2.05) is 0 Å². The van der Waals surface area contributed by atoms with E-state index in [1.54, 1.807) is 6.92 Å². The summed E-state index contributed by atoms with van der Waals surface area (Å²) in [6.45, 7) is 2.04. The molecule has 0 amide bonds. The number of aromatic carboxylic acids is 1. The molecule has 0 atom stereocenters. The Morgan fingerprint density at radius 2 is 2.12 bits per heavy atom. The Balaban J connectivity index is 3.26. The maximum atomic E-state index is 11.9. The highest BCUT2D eigenvalue weighted by molar-refractivity contribution is 7.89. The molecule has 0 aliphatic heterocycles. The maximum Gasteiger partial charge on any atom is 0.352 e. The second kappa shape index (κ2) is 4.26. The van der Waals surface area contributed by atoms with Crippen LogP contribution in [0.15, 0.2) is 17.2 Å². The summed E-state index contributed by atoms with van der Waals surface area (Å²) < 4.78 is 26.2. The summed E-state index contributed by atoms with van der Waals surface area (Å²) in [7, 11) is -0.633. The van der Waals surface area contributed by atoms with Gasteiger partial charge >= 0.3 is 5.97 Å². The van der Waals surface area contributed by atoms with Crippen molar-refractivity contribution in [3.8, 4) is 0 Å². The minimum absolute atomic E-state index is 0.00301. The zero-order valence-corrected chi connectivity index (χ0v) is 10.2. The van der Waals surface area contributed by atoms with E-state index in [2.05, 4.69) is 0 Å². The van der Waals surface area contributed by atoms with Gasteiger partial charge in [-0.3, -0.25) is 0 Å². The summed E-state index contributed by atoms with van der Waals surface area (Å²) in [6, 6.07) is 1.16. The summed E-state index contributed by atoms with van der Waals surface area (Å²) in [5, 5.41) is 8.81. The van der Waals surface area contributed by atoms with Gasteiger partial charge < -0.3 is 9.67 Å². The first-order valence-corrected chi connectivity index (χ1v) is 6.10. The summed E-state index contributed by atoms with van der Waals surface area (Å²) in [4.78, 5) is 10.8. The van der Waals surface area contributed by atoms with Gasteiger partial charge in [0, 0.05) is 26.8 Å². The largest absolute Gasteiger partial charge is 0.477 e. The molecule has 1 N–H and O–H groups in total. The maximum absolute atomic E-state index is 11.9. The van der Waals surface area contributed by atoms with Crippen LogP contribution in [0.2, 0.25) is 0 Å². The smallest absolute Gasteiger partial charge is 0.352 e. The molecule has 1 aromatic rings. The standard InChI is InChI=1S/C9H14N2O4S/c1-4-11(3)16(14,15)7-5-8(9(12)13)10(2)6-7/h5-6H,4H2,1-3H3,(H,12,13). The summed E-state index contributed by atoms with van der Waals surface area (Å²) in [5.41, 5.74) is -0.0527. The normalized spacial score (nSPS) is 12.0. The first-order chi connectivity index (χ1) is 7.30. The molecule has 90 valence electrons. The van der Waals surface area contributed by atoms with Gasteiger partial charge in [-0.1, -0.05) is 6.92 Å². The predicted molar refractivity (Wildman–Crippen MR) is 57.9 cm³/mol. The van der Waals surface area contributed by atoms with Crippen molar-refractivity contribution >= 4 is 16.0 Å². The van der Waals surface area contributed by atoms with Crippen molar-refractivity contribution in [2.24, 2.45) is 7.05 Å². The molecule has 0 saturated carbocycles. The van der Waals surface area contributed by atoms with Crippen LogP contribution in [0, 0.1) is 0 Å². The number of rotatable bonds is 4. The van der Waals surface area contributed by atoms with Crippen LogP contribution in [0.5, 0.6) is 0 Å². The Bertz CT molecular complexity index is 504. The third kappa shape index (κ3) is 2.10. The lowest BCUT2D eigenvalue weighted by atomic mass is 10.4. The molecular weight excluding hydrogens is 232 g/mol. The monoisotopic (exact) mass is 246 g/mol. The number of hydrogen-bond donors (Lipinski definition) is 1. The molecule has 0 aliphatic carbocycles. The lowest BCUT2D eigenvalue weighted by Crippen LogP contribution is -2.26. The Morgan fingerprint density at radius 3 is 2.50 bits per heavy atom. The van der Waals surface area contributed by atoms with E-state index >= 15 is 0 Å². The topological polar surface area (TPSA) is 79.6 Å². The van der Waals surface area contributed by atoms with Crippen molar-refractivity contribution in [2.75, 3.05) is 13.6 Å². The van der Waals surface area contributed by atoms with E-state index in [4.69, 9.17) is 5.11 Å². The Labute approximate surface area is 94.2 Å². The molecule has 0 spiro atoms. The molecule has 0 radical (unpaired) electrons. The van der Waals surface area contributed by atoms with Crippen LogP contribution in [0.3, 0.4) is 0 Å². The molecule has 0 fully saturated rings. The van der Waals surface area contributed by atoms with Crippen molar-refractivity contribution < 1.29 is 18.3 Å². The quantitative estimate of drug-likeness (QED) is 0.832. The highest BCUT2D eigenvalue weighted by Gasteiger charge is 2.23. The number of carbonyl (C=O) groups is 1. The van der Waals surface area contributed by atoms with E-state index in [1.165, 1.54) is 24.9 Å². The van der Waals surface area contributed by atoms with Gasteiger partial charge in [0.1, 0.15) is 10.6 Å². The third-order valence-electron chi connectivity index (χ3n) is 2.35. The first kappa shape index (κ1) is 12.7. The van der Waals surface area contributed by atoms with E-state index in [9.17, 15) is 13.2 Å². The number of carboxylic acid groups (broad SMARTS) is 1. The molecule has 6 nitrogen and oxygen atoms in total. The predicted octanol–water partition coefficient (Wildman–Crippen LogP) is 0.364. The summed E-state index contributed by atoms with van der Waals surface area (Å²) in [6.07, 6.45) is 1.30. The average Bonchev–Trinajstić information content (AvgIpc) is 2.59. The van der Waals surface area contributed by atoms with E-state index in [-0.39, 0.29) is 10.6 Å². The lowest BCUT2D eigenvalue weighted by Gasteiger charge is -2.12. The van der Waals surface area contributed by atoms with Crippen molar-refractivity contribution in [1.82, 2.24) is 8.87 Å². The van der Waals surface area contributed by atoms with Gasteiger partial charge in [0.05, 0.1) is 0 Å². The average molecular weight is 246 g/mol. The molecule has 0 aromatic carbocycles. The molecule has 0 unspecified atom stereocenters. The second-order valence-corrected chi connectivity index (χ2v) is 5.44. The highest BCUT2D eigenvalue weighted by Crippen LogP contribution is 2.17. The number of carboxylic acids is 1. The lowest BCUT2D eigenvalue weighted by molar-refractivity contribution is 0.0686. The number of aryl methyl sites for hydroxylation is 1. The van der Waals surface area contributed by atoms with Gasteiger partial charge in [-0.2, -0.15) is 0 Å². The van der Waals surface area contributed by atoms with Crippen LogP contribution in [-0.4, -0.2) is 42.0 Å². The van der Waals surface area contributed by atoms with E-state index in [0.717, 1.165) is 10.4 Å². The van der Waals surface area contributed by atoms with Crippen molar-refractivity contribution in [1.29, 1.82) is 0 Å². The Kier molecular flexibility index (Phi) is 3.39. The minimum Gasteiger partial charge on any atom is -0.477 e. The number of aromatic nitrogens is 1. The van der Waals surface area contributed by atoms with Crippen LogP contribution >= 0.6 is 0 Å². The van der Waals surface area contributed by atoms with Gasteiger partial charge in [0.25, 0.3) is 0 Å². The van der Waals surface area contributed by atoms with Crippen LogP contribution in [0.1, 0.15) is 17.4 Å². The van der Waals surface area contributed by atoms with Crippen molar-refractivity contribution in [3.63, 3.8) is 0 Å². The second-order valence-electron chi connectivity index (χ2n) is 3.40. The van der Waals surface area contributed by atoms with Crippen LogP contribution in [0.25, 0.3) is 0 Å². The zero-order valence-electron chi connectivity index (χ0n) is 9.34. The van der Waals surface area contributed by atoms with Crippen LogP contribution in [-0.2, 0) is 17.1 Å². The summed E-state index contributed by atoms with van der Waals surface area (Å²) >= 11 is 0. The summed E-state index contributed by atoms with van der Waals surface area (Å²) in [5.74, 6) is -1.15. The molecule has 0 saturated heterocycles. The number of nitrogens with zero attached hydrogens (tertiary/aromatic N) is 2. The van der Waals surface area contributed by atoms with Gasteiger partial charge in [0.15, 0.2) is 0 Å². The Morgan fingerprint density at radius 1 is 1.56 bits per heavy atom. The fraction of sp³-hybridized carbons (Fsp3) is 0.444.